The molecule has 11 heteroatoms. The number of allylic oxidation sites excluding steroid dienone is 1. The highest BCUT2D eigenvalue weighted by molar-refractivity contribution is 6.32. The maximum absolute atomic E-state index is 13.2. The molecular weight excluding hydrogens is 533 g/mol. The summed E-state index contributed by atoms with van der Waals surface area (Å²) in [6, 6.07) is 12.4. The third-order valence-corrected chi connectivity index (χ3v) is 6.31. The first-order valence-corrected chi connectivity index (χ1v) is 12.7. The highest BCUT2D eigenvalue weighted by Gasteiger charge is 2.52. The zero-order chi connectivity index (χ0) is 29.0. The number of hydrogen-bond acceptors (Lipinski definition) is 6. The van der Waals surface area contributed by atoms with Gasteiger partial charge in [0.25, 0.3) is 0 Å². The molecular formula is C28H32ClF3N4O3. The standard InChI is InChI=1S/C28H32ClF3N4O3/c1-16(2)15-39-20-10-8-19(9-11-20)24-34-17(3)23(35-26(36-24)38-6)21-13-18(7-12-22(21)29)14-33-25(37)27(4,5)28(30,31)32/h7-13,16H,14-15H2,1-6H3,(H,33,37)(H,34,35,36). The zero-order valence-corrected chi connectivity index (χ0v) is 23.4. The van der Waals surface area contributed by atoms with E-state index in [1.54, 1.807) is 25.1 Å². The van der Waals surface area contributed by atoms with Crippen molar-refractivity contribution in [1.82, 2.24) is 10.6 Å². The van der Waals surface area contributed by atoms with E-state index in [0.29, 0.717) is 45.9 Å². The number of nitrogens with one attached hydrogen (secondary N) is 2. The molecule has 0 spiro atoms. The topological polar surface area (TPSA) is 84.3 Å². The molecule has 1 aliphatic heterocycles. The van der Waals surface area contributed by atoms with Crippen LogP contribution in [0, 0.1) is 11.3 Å². The number of methoxy groups -OCH3 is 1. The molecule has 0 radical (unpaired) electrons. The Kier molecular flexibility index (Phi) is 9.32. The smallest absolute Gasteiger partial charge is 0.402 e. The number of hydrogen-bond donors (Lipinski definition) is 2. The van der Waals surface area contributed by atoms with Crippen LogP contribution in [0.1, 0.15) is 51.3 Å². The molecule has 0 saturated carbocycles. The lowest BCUT2D eigenvalue weighted by Crippen LogP contribution is -2.46. The van der Waals surface area contributed by atoms with Gasteiger partial charge in [-0.1, -0.05) is 31.5 Å². The minimum Gasteiger partial charge on any atom is -0.493 e. The fraction of sp³-hybridized carbons (Fsp3) is 0.393. The number of halogens is 4. The van der Waals surface area contributed by atoms with Crippen molar-refractivity contribution in [2.45, 2.75) is 47.3 Å². The van der Waals surface area contributed by atoms with Crippen molar-refractivity contribution < 1.29 is 27.4 Å². The van der Waals surface area contributed by atoms with E-state index >= 15 is 0 Å². The summed E-state index contributed by atoms with van der Waals surface area (Å²) < 4.78 is 50.8. The normalized spacial score (nSPS) is 14.3. The number of benzene rings is 2. The van der Waals surface area contributed by atoms with Gasteiger partial charge in [0, 0.05) is 23.4 Å². The molecule has 1 aliphatic rings. The molecule has 1 heterocycles. The van der Waals surface area contributed by atoms with Crippen LogP contribution in [-0.2, 0) is 16.1 Å². The van der Waals surface area contributed by atoms with E-state index in [1.165, 1.54) is 7.11 Å². The van der Waals surface area contributed by atoms with Gasteiger partial charge in [0.1, 0.15) is 17.0 Å². The molecule has 0 aromatic heterocycles. The van der Waals surface area contributed by atoms with Gasteiger partial charge >= 0.3 is 12.2 Å². The minimum absolute atomic E-state index is 0.0752. The van der Waals surface area contributed by atoms with Crippen molar-refractivity contribution in [1.29, 1.82) is 0 Å². The van der Waals surface area contributed by atoms with Crippen LogP contribution in [0.25, 0.3) is 5.70 Å². The monoisotopic (exact) mass is 564 g/mol. The first kappa shape index (κ1) is 30.0. The SMILES string of the molecule is COC1=NC(c2cc(CNC(=O)C(C)(C)C(F)(F)F)ccc2Cl)=C(C)NC(c2ccc(OCC(C)C)cc2)=N1. The highest BCUT2D eigenvalue weighted by atomic mass is 35.5. The fourth-order valence-electron chi connectivity index (χ4n) is 3.42. The van der Waals surface area contributed by atoms with Crippen molar-refractivity contribution in [3.05, 3.63) is 69.9 Å². The predicted octanol–water partition coefficient (Wildman–Crippen LogP) is 6.32. The summed E-state index contributed by atoms with van der Waals surface area (Å²) in [6.45, 7) is 8.10. The molecule has 0 saturated heterocycles. The molecule has 2 aromatic rings. The number of ether oxygens (including phenoxy) is 2. The number of alkyl halides is 3. The third-order valence-electron chi connectivity index (χ3n) is 5.98. The largest absolute Gasteiger partial charge is 0.493 e. The lowest BCUT2D eigenvalue weighted by atomic mass is 9.91. The second-order valence-corrected chi connectivity index (χ2v) is 10.4. The molecule has 3 rings (SSSR count). The van der Waals surface area contributed by atoms with Crippen LogP contribution in [-0.4, -0.2) is 37.7 Å². The van der Waals surface area contributed by atoms with E-state index in [0.717, 1.165) is 25.2 Å². The number of carbonyl (C=O) groups is 1. The lowest BCUT2D eigenvalue weighted by Gasteiger charge is -2.26. The Morgan fingerprint density at radius 2 is 1.77 bits per heavy atom. The van der Waals surface area contributed by atoms with Crippen LogP contribution in [0.2, 0.25) is 5.02 Å². The molecule has 0 fully saturated rings. The zero-order valence-electron chi connectivity index (χ0n) is 22.7. The molecule has 39 heavy (non-hydrogen) atoms. The van der Waals surface area contributed by atoms with E-state index in [1.807, 2.05) is 24.3 Å². The summed E-state index contributed by atoms with van der Waals surface area (Å²) in [5.41, 5.74) is 0.312. The van der Waals surface area contributed by atoms with Crippen LogP contribution in [0.4, 0.5) is 13.2 Å². The Labute approximate surface area is 231 Å². The van der Waals surface area contributed by atoms with Crippen LogP contribution >= 0.6 is 11.6 Å². The molecule has 0 aliphatic carbocycles. The van der Waals surface area contributed by atoms with Crippen molar-refractivity contribution in [2.75, 3.05) is 13.7 Å². The number of carbonyl (C=O) groups excluding carboxylic acids is 1. The van der Waals surface area contributed by atoms with Gasteiger partial charge < -0.3 is 20.1 Å². The van der Waals surface area contributed by atoms with Crippen LogP contribution in [0.5, 0.6) is 5.75 Å². The Morgan fingerprint density at radius 3 is 2.36 bits per heavy atom. The van der Waals surface area contributed by atoms with Gasteiger partial charge in [-0.15, -0.1) is 0 Å². The summed E-state index contributed by atoms with van der Waals surface area (Å²) >= 11 is 6.50. The first-order chi connectivity index (χ1) is 18.2. The summed E-state index contributed by atoms with van der Waals surface area (Å²) in [5, 5.41) is 5.96. The molecule has 2 N–H and O–H groups in total. The number of aliphatic imine (C=N–C) groups is 2. The summed E-state index contributed by atoms with van der Waals surface area (Å²) in [7, 11) is 1.44. The van der Waals surface area contributed by atoms with Gasteiger partial charge in [-0.05, 0) is 68.7 Å². The predicted molar refractivity (Wildman–Crippen MR) is 147 cm³/mol. The first-order valence-electron chi connectivity index (χ1n) is 12.3. The van der Waals surface area contributed by atoms with Crippen molar-refractivity contribution in [3.8, 4) is 5.75 Å². The van der Waals surface area contributed by atoms with Crippen molar-refractivity contribution >= 4 is 35.1 Å². The Balaban J connectivity index is 1.86. The van der Waals surface area contributed by atoms with E-state index in [4.69, 9.17) is 21.1 Å². The fourth-order valence-corrected chi connectivity index (χ4v) is 3.63. The van der Waals surface area contributed by atoms with Crippen LogP contribution in [0.3, 0.4) is 0 Å². The maximum atomic E-state index is 13.2. The summed E-state index contributed by atoms with van der Waals surface area (Å²) in [5.74, 6) is 0.506. The van der Waals surface area contributed by atoms with Crippen molar-refractivity contribution in [2.24, 2.45) is 21.3 Å². The average molecular weight is 565 g/mol. The van der Waals surface area contributed by atoms with Gasteiger partial charge in [-0.2, -0.15) is 23.2 Å². The van der Waals surface area contributed by atoms with Gasteiger partial charge in [0.15, 0.2) is 0 Å². The van der Waals surface area contributed by atoms with Gasteiger partial charge in [0.2, 0.25) is 5.91 Å². The van der Waals surface area contributed by atoms with E-state index in [-0.39, 0.29) is 12.6 Å². The van der Waals surface area contributed by atoms with Gasteiger partial charge in [-0.25, -0.2) is 0 Å². The molecule has 7 nitrogen and oxygen atoms in total. The van der Waals surface area contributed by atoms with Crippen LogP contribution < -0.4 is 15.4 Å². The second-order valence-electron chi connectivity index (χ2n) is 10.0. The lowest BCUT2D eigenvalue weighted by molar-refractivity contribution is -0.211. The number of rotatable bonds is 8. The number of amidine groups is 2. The van der Waals surface area contributed by atoms with Gasteiger partial charge in [0.05, 0.1) is 24.4 Å². The second kappa shape index (κ2) is 12.1. The van der Waals surface area contributed by atoms with Gasteiger partial charge in [-0.3, -0.25) is 4.79 Å². The molecule has 0 atom stereocenters. The number of nitrogens with zero attached hydrogens (tertiary/aromatic N) is 2. The van der Waals surface area contributed by atoms with Crippen molar-refractivity contribution in [3.63, 3.8) is 0 Å². The number of amides is 1. The van der Waals surface area contributed by atoms with E-state index in [9.17, 15) is 18.0 Å². The summed E-state index contributed by atoms with van der Waals surface area (Å²) in [4.78, 5) is 21.3. The Morgan fingerprint density at radius 1 is 1.10 bits per heavy atom. The van der Waals surface area contributed by atoms with E-state index < -0.39 is 17.5 Å². The Bertz CT molecular complexity index is 1300. The van der Waals surface area contributed by atoms with E-state index in [2.05, 4.69) is 34.5 Å². The van der Waals surface area contributed by atoms with Crippen LogP contribution in [0.15, 0.2) is 58.1 Å². The highest BCUT2D eigenvalue weighted by Crippen LogP contribution is 2.37. The molecule has 1 amide bonds. The molecule has 2 aromatic carbocycles. The summed E-state index contributed by atoms with van der Waals surface area (Å²) in [6.07, 6.45) is -4.68. The maximum Gasteiger partial charge on any atom is 0.402 e. The minimum atomic E-state index is -4.68. The Hall–Kier alpha value is -3.53. The average Bonchev–Trinajstić information content (AvgIpc) is 3.04. The molecule has 0 bridgehead atoms. The third kappa shape index (κ3) is 7.32. The molecule has 210 valence electrons. The quantitative estimate of drug-likeness (QED) is 0.393. The molecule has 0 unspecified atom stereocenters.